The minimum Gasteiger partial charge on any atom is -0.478 e. The molecule has 0 unspecified atom stereocenters. The average Bonchev–Trinajstić information content (AvgIpc) is 2.36. The van der Waals surface area contributed by atoms with Gasteiger partial charge in [-0.1, -0.05) is 15.9 Å². The third-order valence-electron chi connectivity index (χ3n) is 2.61. The van der Waals surface area contributed by atoms with Crippen LogP contribution >= 0.6 is 31.9 Å². The monoisotopic (exact) mass is 402 g/mol. The number of halogens is 3. The molecule has 0 bridgehead atoms. The number of benzene rings is 2. The minimum absolute atomic E-state index is 0.222. The minimum atomic E-state index is -1.29. The van der Waals surface area contributed by atoms with Crippen molar-refractivity contribution in [2.75, 3.05) is 11.1 Å². The third-order valence-corrected chi connectivity index (χ3v) is 3.76. The van der Waals surface area contributed by atoms with Crippen LogP contribution in [-0.2, 0) is 0 Å². The lowest BCUT2D eigenvalue weighted by Gasteiger charge is -2.13. The van der Waals surface area contributed by atoms with E-state index in [0.717, 1.165) is 15.0 Å². The molecule has 4 nitrogen and oxygen atoms in total. The van der Waals surface area contributed by atoms with E-state index >= 15 is 0 Å². The molecule has 2 aromatic rings. The fourth-order valence-corrected chi connectivity index (χ4v) is 2.81. The lowest BCUT2D eigenvalue weighted by atomic mass is 10.1. The van der Waals surface area contributed by atoms with Crippen molar-refractivity contribution in [3.05, 3.63) is 50.7 Å². The largest absolute Gasteiger partial charge is 0.478 e. The van der Waals surface area contributed by atoms with Gasteiger partial charge < -0.3 is 16.2 Å². The van der Waals surface area contributed by atoms with Crippen molar-refractivity contribution in [3.63, 3.8) is 0 Å². The van der Waals surface area contributed by atoms with Crippen LogP contribution in [0.1, 0.15) is 10.4 Å². The molecule has 0 fully saturated rings. The Balaban J connectivity index is 2.48. The lowest BCUT2D eigenvalue weighted by Crippen LogP contribution is -2.08. The van der Waals surface area contributed by atoms with Gasteiger partial charge in [-0.15, -0.1) is 0 Å². The molecule has 0 aromatic heterocycles. The summed E-state index contributed by atoms with van der Waals surface area (Å²) in [6, 6.07) is 7.80. The van der Waals surface area contributed by atoms with Crippen molar-refractivity contribution in [2.45, 2.75) is 0 Å². The van der Waals surface area contributed by atoms with Gasteiger partial charge in [-0.3, -0.25) is 0 Å². The number of carboxylic acid groups (broad SMARTS) is 1. The molecule has 0 spiro atoms. The number of aromatic carboxylic acids is 1. The number of anilines is 3. The Morgan fingerprint density at radius 1 is 1.20 bits per heavy atom. The van der Waals surface area contributed by atoms with Gasteiger partial charge in [0.25, 0.3) is 0 Å². The van der Waals surface area contributed by atoms with Crippen LogP contribution in [0, 0.1) is 5.82 Å². The van der Waals surface area contributed by atoms with Crippen molar-refractivity contribution in [1.82, 2.24) is 0 Å². The number of carboxylic acids is 1. The smallest absolute Gasteiger partial charge is 0.340 e. The summed E-state index contributed by atoms with van der Waals surface area (Å²) in [5.74, 6) is -2.06. The predicted molar refractivity (Wildman–Crippen MR) is 82.9 cm³/mol. The summed E-state index contributed by atoms with van der Waals surface area (Å²) in [6.07, 6.45) is 0. The number of nitrogens with one attached hydrogen (secondary N) is 1. The highest BCUT2D eigenvalue weighted by Gasteiger charge is 2.18. The molecule has 0 saturated carbocycles. The van der Waals surface area contributed by atoms with Crippen molar-refractivity contribution in [1.29, 1.82) is 0 Å². The van der Waals surface area contributed by atoms with E-state index in [1.54, 1.807) is 18.2 Å². The Labute approximate surface area is 131 Å². The first-order chi connectivity index (χ1) is 9.40. The van der Waals surface area contributed by atoms with E-state index in [4.69, 9.17) is 10.8 Å². The average molecular weight is 404 g/mol. The zero-order valence-electron chi connectivity index (χ0n) is 9.95. The van der Waals surface area contributed by atoms with E-state index in [-0.39, 0.29) is 11.3 Å². The number of nitrogens with two attached hydrogens (primary N) is 1. The summed E-state index contributed by atoms with van der Waals surface area (Å²) in [7, 11) is 0. The summed E-state index contributed by atoms with van der Waals surface area (Å²) in [5.41, 5.74) is 5.66. The normalized spacial score (nSPS) is 10.3. The van der Waals surface area contributed by atoms with Gasteiger partial charge in [-0.25, -0.2) is 9.18 Å². The second kappa shape index (κ2) is 5.80. The Hall–Kier alpha value is -1.60. The van der Waals surface area contributed by atoms with E-state index in [2.05, 4.69) is 37.2 Å². The maximum atomic E-state index is 13.4. The second-order valence-electron chi connectivity index (χ2n) is 3.94. The lowest BCUT2D eigenvalue weighted by molar-refractivity contribution is 0.0698. The van der Waals surface area contributed by atoms with Gasteiger partial charge in [-0.2, -0.15) is 0 Å². The molecule has 0 saturated heterocycles. The molecular weight excluding hydrogens is 395 g/mol. The topological polar surface area (TPSA) is 75.3 Å². The number of hydrogen-bond donors (Lipinski definition) is 3. The van der Waals surface area contributed by atoms with Crippen LogP contribution in [0.3, 0.4) is 0 Å². The van der Waals surface area contributed by atoms with Crippen molar-refractivity contribution < 1.29 is 14.3 Å². The highest BCUT2D eigenvalue weighted by Crippen LogP contribution is 2.32. The highest BCUT2D eigenvalue weighted by atomic mass is 79.9. The standard InChI is InChI=1S/C13H9Br2FN2O2/c14-6-1-3-9(7(15)5-6)18-10-4-2-8(16)12(17)11(10)13(19)20/h1-5,18H,17H2,(H,19,20). The predicted octanol–water partition coefficient (Wildman–Crippen LogP) is 4.37. The van der Waals surface area contributed by atoms with Gasteiger partial charge in [0.15, 0.2) is 0 Å². The van der Waals surface area contributed by atoms with E-state index in [9.17, 15) is 9.18 Å². The summed E-state index contributed by atoms with van der Waals surface area (Å²) in [5, 5.41) is 12.1. The molecule has 7 heteroatoms. The molecule has 104 valence electrons. The van der Waals surface area contributed by atoms with E-state index in [1.165, 1.54) is 6.07 Å². The SMILES string of the molecule is Nc1c(F)ccc(Nc2ccc(Br)cc2Br)c1C(=O)O. The first-order valence-corrected chi connectivity index (χ1v) is 7.02. The molecule has 0 radical (unpaired) electrons. The molecule has 0 heterocycles. The van der Waals surface area contributed by atoms with Crippen LogP contribution in [0.2, 0.25) is 0 Å². The third kappa shape index (κ3) is 2.94. The molecule has 0 amide bonds. The van der Waals surface area contributed by atoms with Crippen LogP contribution < -0.4 is 11.1 Å². The zero-order valence-corrected chi connectivity index (χ0v) is 13.1. The number of hydrogen-bond acceptors (Lipinski definition) is 3. The van der Waals surface area contributed by atoms with Gasteiger partial charge in [0, 0.05) is 8.95 Å². The Kier molecular flexibility index (Phi) is 4.29. The van der Waals surface area contributed by atoms with Crippen molar-refractivity contribution >= 4 is 54.9 Å². The maximum Gasteiger partial charge on any atom is 0.340 e. The van der Waals surface area contributed by atoms with Crippen LogP contribution in [0.15, 0.2) is 39.3 Å². The van der Waals surface area contributed by atoms with Crippen LogP contribution in [0.5, 0.6) is 0 Å². The second-order valence-corrected chi connectivity index (χ2v) is 5.71. The quantitative estimate of drug-likeness (QED) is 0.665. The van der Waals surface area contributed by atoms with Crippen molar-refractivity contribution in [3.8, 4) is 0 Å². The van der Waals surface area contributed by atoms with Gasteiger partial charge in [0.1, 0.15) is 11.4 Å². The number of rotatable bonds is 3. The van der Waals surface area contributed by atoms with E-state index in [1.807, 2.05) is 0 Å². The highest BCUT2D eigenvalue weighted by molar-refractivity contribution is 9.11. The fraction of sp³-hybridized carbons (Fsp3) is 0. The number of carbonyl (C=O) groups is 1. The van der Waals surface area contributed by atoms with Crippen LogP contribution in [-0.4, -0.2) is 11.1 Å². The summed E-state index contributed by atoms with van der Waals surface area (Å²) < 4.78 is 15.0. The summed E-state index contributed by atoms with van der Waals surface area (Å²) >= 11 is 6.67. The molecule has 0 aliphatic carbocycles. The summed E-state index contributed by atoms with van der Waals surface area (Å²) in [4.78, 5) is 11.2. The molecule has 2 aromatic carbocycles. The van der Waals surface area contributed by atoms with Gasteiger partial charge >= 0.3 is 5.97 Å². The summed E-state index contributed by atoms with van der Waals surface area (Å²) in [6.45, 7) is 0. The van der Waals surface area contributed by atoms with Crippen LogP contribution in [0.4, 0.5) is 21.5 Å². The molecule has 0 atom stereocenters. The van der Waals surface area contributed by atoms with E-state index < -0.39 is 17.5 Å². The fourth-order valence-electron chi connectivity index (χ4n) is 1.66. The Bertz CT molecular complexity index is 692. The Morgan fingerprint density at radius 3 is 2.45 bits per heavy atom. The molecule has 20 heavy (non-hydrogen) atoms. The van der Waals surface area contributed by atoms with Gasteiger partial charge in [0.2, 0.25) is 0 Å². The first kappa shape index (κ1) is 14.8. The first-order valence-electron chi connectivity index (χ1n) is 5.43. The molecule has 4 N–H and O–H groups in total. The van der Waals surface area contributed by atoms with Crippen molar-refractivity contribution in [2.24, 2.45) is 0 Å². The number of nitrogen functional groups attached to an aromatic ring is 1. The van der Waals surface area contributed by atoms with E-state index in [0.29, 0.717) is 5.69 Å². The van der Waals surface area contributed by atoms with Gasteiger partial charge in [0.05, 0.1) is 17.1 Å². The van der Waals surface area contributed by atoms with Gasteiger partial charge in [-0.05, 0) is 46.3 Å². The zero-order chi connectivity index (χ0) is 14.9. The molecule has 2 rings (SSSR count). The molecular formula is C13H9Br2FN2O2. The Morgan fingerprint density at radius 2 is 1.85 bits per heavy atom. The van der Waals surface area contributed by atoms with Crippen LogP contribution in [0.25, 0.3) is 0 Å². The maximum absolute atomic E-state index is 13.4. The molecule has 0 aliphatic rings. The molecule has 0 aliphatic heterocycles.